The number of carbonyl (C=O) groups is 1. The normalized spacial score (nSPS) is 24.0. The highest BCUT2D eigenvalue weighted by Crippen LogP contribution is 2.43. The van der Waals surface area contributed by atoms with Gasteiger partial charge in [-0.05, 0) is 69.3 Å². The minimum atomic E-state index is -0.165. The SMILES string of the molecule is CC1(C2=c3ccccc3=c3ccc4c(c3C2)CCCC=4)C=CC2=C(C1)NC(=O)CO2. The van der Waals surface area contributed by atoms with E-state index in [1.807, 2.05) is 0 Å². The lowest BCUT2D eigenvalue weighted by Gasteiger charge is -2.37. The van der Waals surface area contributed by atoms with Crippen LogP contribution >= 0.6 is 0 Å². The Morgan fingerprint density at radius 3 is 2.80 bits per heavy atom. The van der Waals surface area contributed by atoms with Crippen molar-refractivity contribution in [2.75, 3.05) is 6.61 Å². The zero-order valence-corrected chi connectivity index (χ0v) is 17.3. The van der Waals surface area contributed by atoms with Gasteiger partial charge in [-0.2, -0.15) is 0 Å². The van der Waals surface area contributed by atoms with Crippen molar-refractivity contribution in [3.63, 3.8) is 0 Å². The number of ether oxygens (including phenoxy) is 1. The quantitative estimate of drug-likeness (QED) is 0.806. The Kier molecular flexibility index (Phi) is 3.83. The summed E-state index contributed by atoms with van der Waals surface area (Å²) in [6.07, 6.45) is 12.0. The van der Waals surface area contributed by atoms with Crippen LogP contribution in [0.15, 0.2) is 60.0 Å². The molecule has 2 aromatic carbocycles. The first-order valence-electron chi connectivity index (χ1n) is 10.9. The van der Waals surface area contributed by atoms with Crippen molar-refractivity contribution in [3.8, 4) is 0 Å². The molecule has 3 aliphatic carbocycles. The van der Waals surface area contributed by atoms with Crippen LogP contribution in [-0.2, 0) is 22.4 Å². The van der Waals surface area contributed by atoms with Crippen molar-refractivity contribution in [3.05, 3.63) is 92.0 Å². The van der Waals surface area contributed by atoms with Gasteiger partial charge in [0.15, 0.2) is 6.61 Å². The molecule has 3 heteroatoms. The van der Waals surface area contributed by atoms with Crippen LogP contribution in [0.2, 0.25) is 0 Å². The fourth-order valence-electron chi connectivity index (χ4n) is 5.62. The molecule has 1 amide bonds. The van der Waals surface area contributed by atoms with E-state index < -0.39 is 0 Å². The van der Waals surface area contributed by atoms with E-state index in [2.05, 4.69) is 66.9 Å². The smallest absolute Gasteiger partial charge is 0.262 e. The molecular weight excluding hydrogens is 370 g/mol. The minimum absolute atomic E-state index is 0.0598. The Balaban J connectivity index is 1.59. The van der Waals surface area contributed by atoms with Crippen molar-refractivity contribution in [1.82, 2.24) is 5.32 Å². The van der Waals surface area contributed by atoms with Gasteiger partial charge in [-0.3, -0.25) is 4.79 Å². The third-order valence-corrected chi connectivity index (χ3v) is 7.14. The lowest BCUT2D eigenvalue weighted by Crippen LogP contribution is -2.38. The number of hydrogen-bond acceptors (Lipinski definition) is 2. The standard InChI is InChI=1S/C27H25NO2/c1-27(13-12-25-24(15-27)28-26(29)16-30-25)23-14-22-18-7-3-2-6-17(18)10-11-20(22)19-8-4-5-9-21(19)23/h4-6,8-13H,2-3,7,14-16H2,1H3,(H,28,29). The summed E-state index contributed by atoms with van der Waals surface area (Å²) in [7, 11) is 0. The van der Waals surface area contributed by atoms with E-state index in [-0.39, 0.29) is 17.9 Å². The molecule has 0 saturated heterocycles. The molecule has 30 heavy (non-hydrogen) atoms. The van der Waals surface area contributed by atoms with E-state index in [4.69, 9.17) is 4.74 Å². The van der Waals surface area contributed by atoms with Crippen molar-refractivity contribution in [2.45, 2.75) is 39.0 Å². The number of fused-ring (bicyclic) bond motifs is 4. The summed E-state index contributed by atoms with van der Waals surface area (Å²) >= 11 is 0. The third kappa shape index (κ3) is 2.61. The molecule has 3 nitrogen and oxygen atoms in total. The molecule has 1 N–H and O–H groups in total. The average Bonchev–Trinajstić information content (AvgIpc) is 2.78. The number of rotatable bonds is 1. The van der Waals surface area contributed by atoms with Crippen molar-refractivity contribution >= 4 is 17.6 Å². The van der Waals surface area contributed by atoms with Gasteiger partial charge in [-0.1, -0.05) is 55.5 Å². The highest BCUT2D eigenvalue weighted by atomic mass is 16.5. The van der Waals surface area contributed by atoms with Gasteiger partial charge in [0.2, 0.25) is 0 Å². The van der Waals surface area contributed by atoms with Crippen molar-refractivity contribution < 1.29 is 9.53 Å². The molecule has 2 aromatic rings. The Bertz CT molecular complexity index is 1380. The van der Waals surface area contributed by atoms with Crippen molar-refractivity contribution in [1.29, 1.82) is 0 Å². The molecule has 0 fully saturated rings. The van der Waals surface area contributed by atoms with Crippen LogP contribution < -0.4 is 15.8 Å². The predicted octanol–water partition coefficient (Wildman–Crippen LogP) is 3.12. The molecule has 4 aliphatic rings. The highest BCUT2D eigenvalue weighted by molar-refractivity contribution is 5.81. The first kappa shape index (κ1) is 17.8. The lowest BCUT2D eigenvalue weighted by atomic mass is 9.70. The largest absolute Gasteiger partial charge is 0.482 e. The first-order chi connectivity index (χ1) is 14.6. The Morgan fingerprint density at radius 2 is 1.90 bits per heavy atom. The van der Waals surface area contributed by atoms with Crippen LogP contribution in [-0.4, -0.2) is 12.5 Å². The number of hydrogen-bond donors (Lipinski definition) is 1. The maximum atomic E-state index is 11.9. The first-order valence-corrected chi connectivity index (χ1v) is 10.9. The monoisotopic (exact) mass is 395 g/mol. The van der Waals surface area contributed by atoms with E-state index in [0.717, 1.165) is 30.7 Å². The molecule has 1 aliphatic heterocycles. The van der Waals surface area contributed by atoms with E-state index in [0.29, 0.717) is 0 Å². The van der Waals surface area contributed by atoms with Crippen LogP contribution in [0, 0.1) is 15.9 Å². The Hall–Kier alpha value is -3.07. The molecule has 0 spiro atoms. The van der Waals surface area contributed by atoms with E-state index >= 15 is 0 Å². The van der Waals surface area contributed by atoms with Gasteiger partial charge in [-0.25, -0.2) is 0 Å². The molecule has 1 atom stereocenters. The molecule has 150 valence electrons. The van der Waals surface area contributed by atoms with Crippen LogP contribution in [0.5, 0.6) is 0 Å². The van der Waals surface area contributed by atoms with Crippen LogP contribution in [0.4, 0.5) is 0 Å². The van der Waals surface area contributed by atoms with Gasteiger partial charge in [0.25, 0.3) is 5.91 Å². The topological polar surface area (TPSA) is 38.3 Å². The second kappa shape index (κ2) is 6.46. The average molecular weight is 396 g/mol. The second-order valence-electron chi connectivity index (χ2n) is 9.06. The Morgan fingerprint density at radius 1 is 1.03 bits per heavy atom. The number of nitrogens with one attached hydrogen (secondary N) is 1. The maximum Gasteiger partial charge on any atom is 0.262 e. The predicted molar refractivity (Wildman–Crippen MR) is 117 cm³/mol. The van der Waals surface area contributed by atoms with Gasteiger partial charge in [-0.15, -0.1) is 0 Å². The summed E-state index contributed by atoms with van der Waals surface area (Å²) < 4.78 is 5.64. The molecule has 6 rings (SSSR count). The fraction of sp³-hybridized carbons (Fsp3) is 0.296. The number of amides is 1. The molecule has 0 bridgehead atoms. The lowest BCUT2D eigenvalue weighted by molar-refractivity contribution is -0.125. The van der Waals surface area contributed by atoms with Gasteiger partial charge < -0.3 is 10.1 Å². The summed E-state index contributed by atoms with van der Waals surface area (Å²) in [5.41, 5.74) is 5.21. The summed E-state index contributed by atoms with van der Waals surface area (Å²) in [6.45, 7) is 2.40. The number of carbonyl (C=O) groups excluding carboxylic acids is 1. The molecular formula is C27H25NO2. The molecule has 1 heterocycles. The van der Waals surface area contributed by atoms with E-state index in [9.17, 15) is 4.79 Å². The van der Waals surface area contributed by atoms with Gasteiger partial charge in [0, 0.05) is 11.8 Å². The zero-order valence-electron chi connectivity index (χ0n) is 17.3. The summed E-state index contributed by atoms with van der Waals surface area (Å²) in [6, 6.07) is 13.4. The van der Waals surface area contributed by atoms with Gasteiger partial charge >= 0.3 is 0 Å². The molecule has 0 radical (unpaired) electrons. The van der Waals surface area contributed by atoms with Gasteiger partial charge in [0.05, 0.1) is 5.70 Å². The molecule has 0 saturated carbocycles. The van der Waals surface area contributed by atoms with Crippen LogP contribution in [0.25, 0.3) is 11.6 Å². The fourth-order valence-corrected chi connectivity index (χ4v) is 5.62. The van der Waals surface area contributed by atoms with Crippen LogP contribution in [0.3, 0.4) is 0 Å². The second-order valence-corrected chi connectivity index (χ2v) is 9.06. The third-order valence-electron chi connectivity index (χ3n) is 7.14. The summed E-state index contributed by atoms with van der Waals surface area (Å²) in [4.78, 5) is 11.9. The number of allylic oxidation sites excluding steroid dienone is 3. The van der Waals surface area contributed by atoms with Gasteiger partial charge in [0.1, 0.15) is 5.76 Å². The van der Waals surface area contributed by atoms with Crippen LogP contribution in [0.1, 0.15) is 37.3 Å². The van der Waals surface area contributed by atoms with E-state index in [1.165, 1.54) is 50.4 Å². The summed E-state index contributed by atoms with van der Waals surface area (Å²) in [5, 5.41) is 8.53. The minimum Gasteiger partial charge on any atom is -0.482 e. The maximum absolute atomic E-state index is 11.9. The zero-order chi connectivity index (χ0) is 20.3. The number of benzene rings is 2. The van der Waals surface area contributed by atoms with Crippen molar-refractivity contribution in [2.24, 2.45) is 5.41 Å². The molecule has 1 unspecified atom stereocenters. The van der Waals surface area contributed by atoms with E-state index in [1.54, 1.807) is 0 Å². The highest BCUT2D eigenvalue weighted by Gasteiger charge is 2.35. The molecule has 0 aromatic heterocycles. The summed E-state index contributed by atoms with van der Waals surface area (Å²) in [5.74, 6) is 0.750. The Labute approximate surface area is 175 Å².